The molecule has 12 heteroatoms. The van der Waals surface area contributed by atoms with Crippen LogP contribution in [0.2, 0.25) is 0 Å². The molecule has 0 aliphatic heterocycles. The third kappa shape index (κ3) is 4.09. The number of oxazole rings is 2. The van der Waals surface area contributed by atoms with E-state index in [9.17, 15) is 26.3 Å². The van der Waals surface area contributed by atoms with Crippen molar-refractivity contribution >= 4 is 22.2 Å². The first kappa shape index (κ1) is 21.6. The minimum Gasteiger partial charge on any atom is -0.443 e. The Hall–Kier alpha value is -4.22. The highest BCUT2D eigenvalue weighted by Gasteiger charge is 2.32. The Morgan fingerprint density at radius 2 is 0.912 bits per heavy atom. The highest BCUT2D eigenvalue weighted by atomic mass is 19.4. The molecule has 0 atom stereocenters. The number of hydrogen-bond donors (Lipinski definition) is 0. The molecule has 6 nitrogen and oxygen atoms in total. The van der Waals surface area contributed by atoms with E-state index in [2.05, 4.69) is 19.4 Å². The van der Waals surface area contributed by atoms with Gasteiger partial charge < -0.3 is 18.3 Å². The van der Waals surface area contributed by atoms with Crippen molar-refractivity contribution in [2.45, 2.75) is 12.7 Å². The molecule has 0 N–H and O–H groups in total. The number of fused-ring (bicyclic) bond motifs is 2. The standard InChI is InChI=1S/C22H10F6N2O4/c23-21(24,25)33-13-5-1-11(2-6-13)15-17-20(32-9-29-17)16(18-19(15)31-10-30-18)12-3-7-14(8-4-12)34-22(26,27)28/h1-10H. The molecule has 0 spiro atoms. The lowest BCUT2D eigenvalue weighted by molar-refractivity contribution is -0.275. The molecule has 0 bridgehead atoms. The number of aromatic nitrogens is 2. The van der Waals surface area contributed by atoms with Crippen molar-refractivity contribution in [3.63, 3.8) is 0 Å². The molecule has 0 saturated carbocycles. The lowest BCUT2D eigenvalue weighted by Gasteiger charge is -2.12. The molecule has 0 amide bonds. The van der Waals surface area contributed by atoms with E-state index in [4.69, 9.17) is 8.83 Å². The Morgan fingerprint density at radius 3 is 1.24 bits per heavy atom. The zero-order valence-electron chi connectivity index (χ0n) is 16.6. The van der Waals surface area contributed by atoms with Crippen LogP contribution in [0.5, 0.6) is 11.5 Å². The average molecular weight is 480 g/mol. The smallest absolute Gasteiger partial charge is 0.443 e. The van der Waals surface area contributed by atoms with E-state index in [1.54, 1.807) is 0 Å². The van der Waals surface area contributed by atoms with Crippen molar-refractivity contribution in [1.29, 1.82) is 0 Å². The fraction of sp³-hybridized carbons (Fsp3) is 0.0909. The zero-order valence-corrected chi connectivity index (χ0v) is 16.6. The number of hydrogen-bond acceptors (Lipinski definition) is 6. The van der Waals surface area contributed by atoms with E-state index in [0.717, 1.165) is 24.3 Å². The van der Waals surface area contributed by atoms with Crippen molar-refractivity contribution in [2.24, 2.45) is 0 Å². The van der Waals surface area contributed by atoms with Gasteiger partial charge in [0.05, 0.1) is 11.1 Å². The predicted octanol–water partition coefficient (Wildman–Crippen LogP) is 7.10. The van der Waals surface area contributed by atoms with Crippen molar-refractivity contribution in [3.8, 4) is 33.8 Å². The molecule has 0 saturated heterocycles. The summed E-state index contributed by atoms with van der Waals surface area (Å²) in [6.07, 6.45) is -7.33. The molecule has 34 heavy (non-hydrogen) atoms. The van der Waals surface area contributed by atoms with E-state index in [-0.39, 0.29) is 11.2 Å². The highest BCUT2D eigenvalue weighted by Crippen LogP contribution is 2.43. The Kier molecular flexibility index (Phi) is 4.88. The monoisotopic (exact) mass is 480 g/mol. The minimum atomic E-state index is -4.83. The van der Waals surface area contributed by atoms with Crippen LogP contribution in [0.1, 0.15) is 0 Å². The summed E-state index contributed by atoms with van der Waals surface area (Å²) >= 11 is 0. The van der Waals surface area contributed by atoms with Gasteiger partial charge in [0.2, 0.25) is 0 Å². The van der Waals surface area contributed by atoms with Gasteiger partial charge in [-0.2, -0.15) is 0 Å². The van der Waals surface area contributed by atoms with Crippen LogP contribution in [0.4, 0.5) is 26.3 Å². The van der Waals surface area contributed by atoms with Crippen molar-refractivity contribution in [3.05, 3.63) is 61.3 Å². The van der Waals surface area contributed by atoms with Gasteiger partial charge >= 0.3 is 12.7 Å². The number of benzene rings is 3. The van der Waals surface area contributed by atoms with Crippen LogP contribution < -0.4 is 9.47 Å². The van der Waals surface area contributed by atoms with Gasteiger partial charge in [-0.15, -0.1) is 26.3 Å². The lowest BCUT2D eigenvalue weighted by atomic mass is 9.96. The quantitative estimate of drug-likeness (QED) is 0.256. The summed E-state index contributed by atoms with van der Waals surface area (Å²) < 4.78 is 93.8. The van der Waals surface area contributed by atoms with Gasteiger partial charge in [0.1, 0.15) is 22.5 Å². The third-order valence-corrected chi connectivity index (χ3v) is 4.82. The van der Waals surface area contributed by atoms with Crippen LogP contribution in [0.15, 0.2) is 70.2 Å². The molecule has 5 aromatic rings. The van der Waals surface area contributed by atoms with Crippen LogP contribution in [-0.2, 0) is 0 Å². The van der Waals surface area contributed by atoms with Crippen LogP contribution >= 0.6 is 0 Å². The Balaban J connectivity index is 1.63. The van der Waals surface area contributed by atoms with E-state index in [1.165, 1.54) is 37.1 Å². The van der Waals surface area contributed by atoms with Crippen LogP contribution in [0.3, 0.4) is 0 Å². The summed E-state index contributed by atoms with van der Waals surface area (Å²) in [5.74, 6) is -0.807. The maximum Gasteiger partial charge on any atom is 0.573 e. The van der Waals surface area contributed by atoms with E-state index in [1.807, 2.05) is 0 Å². The number of ether oxygens (including phenoxy) is 2. The second-order valence-electron chi connectivity index (χ2n) is 6.95. The first-order valence-corrected chi connectivity index (χ1v) is 9.44. The van der Waals surface area contributed by atoms with Gasteiger partial charge in [0.15, 0.2) is 24.0 Å². The molecule has 5 rings (SSSR count). The third-order valence-electron chi connectivity index (χ3n) is 4.82. The van der Waals surface area contributed by atoms with Gasteiger partial charge in [-0.1, -0.05) is 24.3 Å². The zero-order chi connectivity index (χ0) is 24.1. The van der Waals surface area contributed by atoms with E-state index >= 15 is 0 Å². The first-order chi connectivity index (χ1) is 16.1. The number of nitrogens with zero attached hydrogens (tertiary/aromatic N) is 2. The molecule has 0 fully saturated rings. The molecule has 0 aliphatic rings. The summed E-state index contributed by atoms with van der Waals surface area (Å²) in [7, 11) is 0. The van der Waals surface area contributed by atoms with Crippen LogP contribution in [0, 0.1) is 0 Å². The summed E-state index contributed by atoms with van der Waals surface area (Å²) in [6, 6.07) is 10.2. The van der Waals surface area contributed by atoms with E-state index < -0.39 is 24.2 Å². The predicted molar refractivity (Wildman–Crippen MR) is 106 cm³/mol. The minimum absolute atomic E-state index is 0.261. The Bertz CT molecular complexity index is 1310. The molecule has 174 valence electrons. The summed E-state index contributed by atoms with van der Waals surface area (Å²) in [4.78, 5) is 8.44. The molecule has 0 unspecified atom stereocenters. The van der Waals surface area contributed by atoms with Crippen LogP contribution in [-0.4, -0.2) is 22.7 Å². The molecule has 2 aromatic heterocycles. The largest absolute Gasteiger partial charge is 0.573 e. The highest BCUT2D eigenvalue weighted by molar-refractivity contribution is 6.15. The fourth-order valence-electron chi connectivity index (χ4n) is 3.60. The van der Waals surface area contributed by atoms with Gasteiger partial charge in [0, 0.05) is 0 Å². The molecular weight excluding hydrogens is 470 g/mol. The average Bonchev–Trinajstić information content (AvgIpc) is 3.41. The second-order valence-corrected chi connectivity index (χ2v) is 6.95. The van der Waals surface area contributed by atoms with Gasteiger partial charge in [-0.25, -0.2) is 9.97 Å². The summed E-state index contributed by atoms with van der Waals surface area (Å²) in [5, 5.41) is 0. The molecule has 0 aliphatic carbocycles. The van der Waals surface area contributed by atoms with Gasteiger partial charge in [0.25, 0.3) is 0 Å². The van der Waals surface area contributed by atoms with Crippen LogP contribution in [0.25, 0.3) is 44.5 Å². The van der Waals surface area contributed by atoms with Crippen molar-refractivity contribution in [1.82, 2.24) is 9.97 Å². The maximum absolute atomic E-state index is 12.5. The molecular formula is C22H10F6N2O4. The van der Waals surface area contributed by atoms with Gasteiger partial charge in [-0.3, -0.25) is 0 Å². The van der Waals surface area contributed by atoms with Crippen molar-refractivity contribution in [2.75, 3.05) is 0 Å². The topological polar surface area (TPSA) is 70.5 Å². The number of rotatable bonds is 4. The van der Waals surface area contributed by atoms with E-state index in [0.29, 0.717) is 33.3 Å². The number of alkyl halides is 6. The Morgan fingerprint density at radius 1 is 0.559 bits per heavy atom. The fourth-order valence-corrected chi connectivity index (χ4v) is 3.60. The van der Waals surface area contributed by atoms with Crippen molar-refractivity contribution < 1.29 is 44.7 Å². The summed E-state index contributed by atoms with van der Waals surface area (Å²) in [6.45, 7) is 0. The maximum atomic E-state index is 12.5. The normalized spacial score (nSPS) is 12.4. The second kappa shape index (κ2) is 7.68. The molecule has 2 heterocycles. The molecule has 0 radical (unpaired) electrons. The number of halogens is 6. The molecule has 3 aromatic carbocycles. The van der Waals surface area contributed by atoms with Gasteiger partial charge in [-0.05, 0) is 35.4 Å². The summed E-state index contributed by atoms with van der Waals surface area (Å²) in [5.41, 5.74) is 2.89. The SMILES string of the molecule is FC(F)(F)Oc1ccc(-c2c3ncoc3c(-c3ccc(OC(F)(F)F)cc3)c3ncoc23)cc1. The first-order valence-electron chi connectivity index (χ1n) is 9.44. The Labute approximate surface area is 185 Å². The lowest BCUT2D eigenvalue weighted by Crippen LogP contribution is -2.17.